The molecular weight excluding hydrogens is 1360 g/mol. The minimum atomic E-state index is -3.89. The Balaban J connectivity index is 0.000000233. The zero-order chi connectivity index (χ0) is 67.6. The molecule has 10 aromatic rings. The molecule has 10 aromatic carbocycles. The molecule has 11 rings (SSSR count). The van der Waals surface area contributed by atoms with Crippen LogP contribution in [0.5, 0.6) is 23.0 Å². The second-order valence-electron chi connectivity index (χ2n) is 21.8. The largest absolute Gasteiger partial charge is 3.00 e. The van der Waals surface area contributed by atoms with Crippen molar-refractivity contribution in [3.63, 3.8) is 0 Å². The average Bonchev–Trinajstić information content (AvgIpc) is 1.69. The molecule has 97 heavy (non-hydrogen) atoms. The molecule has 5 atom stereocenters. The summed E-state index contributed by atoms with van der Waals surface area (Å²) in [5.41, 5.74) is 6.83. The van der Waals surface area contributed by atoms with Crippen molar-refractivity contribution >= 4 is 135 Å². The van der Waals surface area contributed by atoms with E-state index in [1.165, 1.54) is 18.2 Å². The molecule has 25 heteroatoms. The van der Waals surface area contributed by atoms with E-state index in [0.29, 0.717) is 55.1 Å². The van der Waals surface area contributed by atoms with E-state index in [1.54, 1.807) is 171 Å². The fourth-order valence-electron chi connectivity index (χ4n) is 10.8. The van der Waals surface area contributed by atoms with Crippen LogP contribution in [0.15, 0.2) is 249 Å². The zero-order valence-electron chi connectivity index (χ0n) is 53.3. The second kappa shape index (κ2) is 37.6. The number of benzene rings is 10. The van der Waals surface area contributed by atoms with Gasteiger partial charge in [0.2, 0.25) is 26.6 Å². The number of carbonyl (C=O) groups is 2. The smallest absolute Gasteiger partial charge is 0.872 e. The van der Waals surface area contributed by atoms with Gasteiger partial charge in [0.25, 0.3) is 7.37 Å². The molecule has 0 aliphatic carbocycles. The Morgan fingerprint density at radius 1 is 0.485 bits per heavy atom. The van der Waals surface area contributed by atoms with E-state index in [2.05, 4.69) is 0 Å². The number of aliphatic hydroxyl groups excluding tert-OH is 1. The summed E-state index contributed by atoms with van der Waals surface area (Å²) < 4.78 is 62.1. The molecule has 486 valence electrons. The van der Waals surface area contributed by atoms with Gasteiger partial charge in [-0.05, 0) is 89.2 Å². The number of phenolic OH excluding ortho intramolecular Hbond substituents is 3. The number of carbonyl (C=O) groups excluding carboxylic acids is 2. The molecule has 5 unspecified atom stereocenters. The van der Waals surface area contributed by atoms with Crippen LogP contribution in [0.4, 0.5) is 0 Å². The minimum absolute atomic E-state index is 0. The van der Waals surface area contributed by atoms with Crippen molar-refractivity contribution in [1.29, 1.82) is 0 Å². The number of nitrogens with zero attached hydrogens (tertiary/aromatic N) is 1. The van der Waals surface area contributed by atoms with E-state index in [4.69, 9.17) is 26.1 Å². The summed E-state index contributed by atoms with van der Waals surface area (Å²) in [7, 11) is -14.5. The molecule has 2 amide bonds. The van der Waals surface area contributed by atoms with Crippen molar-refractivity contribution < 1.29 is 72.4 Å². The number of aryl methyl sites for hydroxylation is 1. The summed E-state index contributed by atoms with van der Waals surface area (Å²) in [5.74, 6) is 9.48. The first-order chi connectivity index (χ1) is 45.1. The van der Waals surface area contributed by atoms with Crippen LogP contribution < -0.4 is 43.0 Å². The fourth-order valence-corrected chi connectivity index (χ4v) is 18.0. The van der Waals surface area contributed by atoms with Crippen molar-refractivity contribution in [2.45, 2.75) is 32.6 Å². The summed E-state index contributed by atoms with van der Waals surface area (Å²) >= 11 is 0. The summed E-state index contributed by atoms with van der Waals surface area (Å²) in [6.45, 7) is 3.59. The maximum Gasteiger partial charge on any atom is 3.00 e. The topological polar surface area (TPSA) is 323 Å². The number of rotatable bonds is 19. The Morgan fingerprint density at radius 3 is 1.27 bits per heavy atom. The average molecular weight is 1440 g/mol. The van der Waals surface area contributed by atoms with Gasteiger partial charge in [-0.25, -0.2) is 21.0 Å². The van der Waals surface area contributed by atoms with Gasteiger partial charge >= 0.3 is 72.5 Å². The normalized spacial score (nSPS) is 14.8. The first-order valence-corrected chi connectivity index (χ1v) is 37.0. The van der Waals surface area contributed by atoms with Gasteiger partial charge in [0.15, 0.2) is 0 Å². The molecule has 0 aromatic heterocycles. The summed E-state index contributed by atoms with van der Waals surface area (Å²) in [6, 6.07) is 70.8. The predicted octanol–water partition coefficient (Wildman–Crippen LogP) is 10.3. The van der Waals surface area contributed by atoms with Gasteiger partial charge in [0.05, 0.1) is 24.8 Å². The third-order valence-corrected chi connectivity index (χ3v) is 23.9. The zero-order valence-corrected chi connectivity index (χ0v) is 61.4. The maximum atomic E-state index is 13.6. The standard InChI is InChI=1S/C20H19O3P.C19H21N2O5P.C19H18NO3P.C14H15O4P.2Al.Ca/c1-15-10-12-16(13-11-15)14-24(22,23)20-9-5-3-7-18(20)17-6-2-4-8-19(17)21;1-2-21-18(23)11-13(19(21)24)12-27(25,26-20)17-10-6-4-8-15(17)14-7-3-5-9-16(14)22;20-23-24(22,14-15-8-2-1-3-9-15)19-13-7-5-11-17(19)16-10-4-6-12-18(16)21;15-9-10-19(17,18)14-8-4-2-6-12(14)11-5-1-3-7-13(11)16;;;/h2-13,21H,14H2,1H3,(H,22,23);3-10,13,22H,2,11-12,20H2,1H3;1-13,21H,14,20H2;1-8,15-16H,9-10H2,(H,17,18);;;/q;;;;2*+3;+2/p-2. The molecule has 0 bridgehead atoms. The number of hydrogen-bond donors (Lipinski definition) is 7. The number of hydrogen-bond acceptors (Lipinski definition) is 16. The molecule has 1 saturated heterocycles. The van der Waals surface area contributed by atoms with Crippen LogP contribution in [-0.2, 0) is 49.4 Å². The molecular formula is C72H71Al2CaN3O15P4+6. The molecule has 18 nitrogen and oxygen atoms in total. The predicted molar refractivity (Wildman–Crippen MR) is 383 cm³/mol. The van der Waals surface area contributed by atoms with E-state index in [-0.39, 0.29) is 162 Å². The Morgan fingerprint density at radius 2 is 0.845 bits per heavy atom. The number of aliphatic hydroxyl groups is 1. The number of nitrogens with two attached hydrogens (primary N) is 2. The van der Waals surface area contributed by atoms with Crippen molar-refractivity contribution in [1.82, 2.24) is 4.90 Å². The van der Waals surface area contributed by atoms with E-state index in [0.717, 1.165) is 21.6 Å². The summed E-state index contributed by atoms with van der Waals surface area (Å²) in [6.07, 6.45) is -0.258. The van der Waals surface area contributed by atoms with Crippen molar-refractivity contribution in [3.05, 3.63) is 265 Å². The molecule has 9 N–H and O–H groups in total. The number of amides is 2. The van der Waals surface area contributed by atoms with Gasteiger partial charge in [-0.15, -0.1) is 5.75 Å². The van der Waals surface area contributed by atoms with Crippen LogP contribution in [0.1, 0.15) is 30.0 Å². The molecule has 1 fully saturated rings. The molecule has 0 spiro atoms. The molecule has 0 saturated carbocycles. The van der Waals surface area contributed by atoms with E-state index in [9.17, 15) is 58.1 Å². The number of phenols is 3. The van der Waals surface area contributed by atoms with E-state index in [1.807, 2.05) is 73.7 Å². The van der Waals surface area contributed by atoms with Gasteiger partial charge in [0.1, 0.15) is 17.2 Å². The maximum absolute atomic E-state index is 13.6. The molecule has 1 aliphatic heterocycles. The van der Waals surface area contributed by atoms with Crippen molar-refractivity contribution in [3.8, 4) is 67.5 Å². The Kier molecular flexibility index (Phi) is 31.5. The van der Waals surface area contributed by atoms with Crippen LogP contribution in [0.3, 0.4) is 0 Å². The van der Waals surface area contributed by atoms with Crippen LogP contribution >= 0.6 is 29.5 Å². The van der Waals surface area contributed by atoms with Crippen LogP contribution in [-0.4, -0.2) is 140 Å². The van der Waals surface area contributed by atoms with Crippen molar-refractivity contribution in [2.75, 3.05) is 25.5 Å². The summed E-state index contributed by atoms with van der Waals surface area (Å²) in [5, 5.41) is 52.5. The van der Waals surface area contributed by atoms with Crippen LogP contribution in [0.25, 0.3) is 44.5 Å². The number of likely N-dealkylation sites (tertiary alicyclic amines) is 1. The van der Waals surface area contributed by atoms with Gasteiger partial charge in [0, 0.05) is 70.6 Å². The van der Waals surface area contributed by atoms with Crippen molar-refractivity contribution in [2.24, 2.45) is 17.7 Å². The first kappa shape index (κ1) is 81.2. The van der Waals surface area contributed by atoms with E-state index >= 15 is 0 Å². The SMILES string of the molecule is CCN1C(=O)CC(CP(=O)(ON)c2ccccc2-c2ccccc2O)C1=O.Cc1ccc(CP(=O)([O-])c2ccccc2-c2ccccc2[O-])cc1.NOP(=O)(Cc1ccccc1)c1ccccc1-c1ccccc1O.O=P(O)(CCO)c1ccccc1-c1ccccc1O.[Al+3].[Al+3].[Ca+2]. The number of aromatic hydroxyl groups is 3. The Labute approximate surface area is 615 Å². The molecule has 0 radical (unpaired) electrons. The van der Waals surface area contributed by atoms with Gasteiger partial charge < -0.3 is 39.9 Å². The van der Waals surface area contributed by atoms with Gasteiger partial charge in [-0.3, -0.25) is 28.2 Å². The fraction of sp³-hybridized carbons (Fsp3) is 0.139. The summed E-state index contributed by atoms with van der Waals surface area (Å²) in [4.78, 5) is 48.5. The number of para-hydroxylation sites is 4. The quantitative estimate of drug-likeness (QED) is 0.0171. The second-order valence-corrected chi connectivity index (χ2v) is 31.1. The van der Waals surface area contributed by atoms with Gasteiger partial charge in [-0.2, -0.15) is 0 Å². The van der Waals surface area contributed by atoms with Crippen LogP contribution in [0.2, 0.25) is 0 Å². The Hall–Kier alpha value is -6.50. The first-order valence-electron chi connectivity index (χ1n) is 29.7. The van der Waals surface area contributed by atoms with Gasteiger partial charge in [-0.1, -0.05) is 218 Å². The third kappa shape index (κ3) is 20.6. The number of imide groups is 1. The van der Waals surface area contributed by atoms with Crippen LogP contribution in [0, 0.1) is 12.8 Å². The third-order valence-electron chi connectivity index (χ3n) is 15.5. The molecule has 1 aliphatic rings. The minimum Gasteiger partial charge on any atom is -0.872 e. The molecule has 1 heterocycles. The van der Waals surface area contributed by atoms with E-state index < -0.39 is 35.4 Å². The monoisotopic (exact) mass is 1440 g/mol. The Bertz CT molecular complexity index is 4480.